The Morgan fingerprint density at radius 3 is 2.72 bits per heavy atom. The van der Waals surface area contributed by atoms with Crippen molar-refractivity contribution in [1.82, 2.24) is 15.1 Å². The average molecular weight is 335 g/mol. The van der Waals surface area contributed by atoms with E-state index in [2.05, 4.69) is 39.5 Å². The molecule has 0 atom stereocenters. The summed E-state index contributed by atoms with van der Waals surface area (Å²) in [5.74, 6) is 2.02. The van der Waals surface area contributed by atoms with Gasteiger partial charge >= 0.3 is 0 Å². The van der Waals surface area contributed by atoms with E-state index < -0.39 is 0 Å². The lowest BCUT2D eigenvalue weighted by atomic mass is 9.79. The van der Waals surface area contributed by atoms with Gasteiger partial charge in [-0.15, -0.1) is 0 Å². The number of benzene rings is 1. The van der Waals surface area contributed by atoms with Crippen LogP contribution in [0.1, 0.15) is 35.7 Å². The van der Waals surface area contributed by atoms with Crippen LogP contribution >= 0.6 is 0 Å². The summed E-state index contributed by atoms with van der Waals surface area (Å²) in [5, 5.41) is 7.41. The quantitative estimate of drug-likeness (QED) is 0.744. The average Bonchev–Trinajstić information content (AvgIpc) is 3.07. The number of hydrogen-bond acceptors (Lipinski definition) is 6. The summed E-state index contributed by atoms with van der Waals surface area (Å²) in [6.07, 6.45) is 3.60. The highest BCUT2D eigenvalue weighted by atomic mass is 16.5. The normalized spacial score (nSPS) is 19.4. The van der Waals surface area contributed by atoms with Crippen molar-refractivity contribution >= 4 is 5.82 Å². The monoisotopic (exact) mass is 335 g/mol. The van der Waals surface area contributed by atoms with E-state index in [0.717, 1.165) is 41.4 Å². The first-order chi connectivity index (χ1) is 12.2. The van der Waals surface area contributed by atoms with Crippen LogP contribution in [0.15, 0.2) is 47.2 Å². The summed E-state index contributed by atoms with van der Waals surface area (Å²) < 4.78 is 5.44. The largest absolute Gasteiger partial charge is 0.364 e. The molecule has 0 aliphatic heterocycles. The van der Waals surface area contributed by atoms with Gasteiger partial charge in [0.05, 0.1) is 6.54 Å². The fourth-order valence-corrected chi connectivity index (χ4v) is 3.03. The highest BCUT2D eigenvalue weighted by molar-refractivity contribution is 5.57. The van der Waals surface area contributed by atoms with Gasteiger partial charge in [0.15, 0.2) is 5.76 Å². The maximum atomic E-state index is 5.86. The maximum absolute atomic E-state index is 5.86. The molecule has 1 saturated carbocycles. The molecule has 2 aromatic heterocycles. The third-order valence-corrected chi connectivity index (χ3v) is 4.63. The van der Waals surface area contributed by atoms with Crippen LogP contribution in [0.25, 0.3) is 11.3 Å². The van der Waals surface area contributed by atoms with Crippen LogP contribution in [0.4, 0.5) is 5.82 Å². The van der Waals surface area contributed by atoms with Crippen molar-refractivity contribution in [2.75, 3.05) is 5.32 Å². The second-order valence-corrected chi connectivity index (χ2v) is 6.66. The number of nitrogens with zero attached hydrogens (tertiary/aromatic N) is 3. The third-order valence-electron chi connectivity index (χ3n) is 4.63. The van der Waals surface area contributed by atoms with Crippen LogP contribution in [-0.4, -0.2) is 21.2 Å². The molecule has 128 valence electrons. The van der Waals surface area contributed by atoms with E-state index in [9.17, 15) is 0 Å². The zero-order valence-corrected chi connectivity index (χ0v) is 14.1. The molecule has 1 aliphatic carbocycles. The van der Waals surface area contributed by atoms with Gasteiger partial charge in [-0.05, 0) is 19.8 Å². The Hall–Kier alpha value is -2.73. The summed E-state index contributed by atoms with van der Waals surface area (Å²) in [6.45, 7) is 2.61. The molecule has 3 aromatic rings. The number of anilines is 1. The van der Waals surface area contributed by atoms with Gasteiger partial charge in [0.25, 0.3) is 0 Å². The zero-order chi connectivity index (χ0) is 17.2. The molecular formula is C19H21N5O. The van der Waals surface area contributed by atoms with E-state index in [4.69, 9.17) is 10.3 Å². The standard InChI is InChI=1S/C19H21N5O/c1-12-2-4-13(5-3-12)18-8-16(24-25-18)10-21-19-9-17(22-11-23-19)14-6-15(20)7-14/h2-5,8-9,11,14-15H,6-7,10,20H2,1H3,(H,21,22,23). The minimum absolute atomic E-state index is 0.312. The number of rotatable bonds is 5. The van der Waals surface area contributed by atoms with Crippen molar-refractivity contribution in [3.05, 3.63) is 59.7 Å². The van der Waals surface area contributed by atoms with Crippen molar-refractivity contribution in [1.29, 1.82) is 0 Å². The SMILES string of the molecule is Cc1ccc(-c2cc(CNc3cc(C4CC(N)C4)ncn3)no2)cc1. The molecule has 1 aliphatic rings. The summed E-state index contributed by atoms with van der Waals surface area (Å²) in [6, 6.07) is 12.4. The van der Waals surface area contributed by atoms with Crippen molar-refractivity contribution in [3.63, 3.8) is 0 Å². The molecule has 2 heterocycles. The molecule has 1 aromatic carbocycles. The molecule has 0 bridgehead atoms. The van der Waals surface area contributed by atoms with Gasteiger partial charge < -0.3 is 15.6 Å². The minimum atomic E-state index is 0.312. The fraction of sp³-hybridized carbons (Fsp3) is 0.316. The van der Waals surface area contributed by atoms with Gasteiger partial charge in [0.1, 0.15) is 17.8 Å². The molecule has 0 spiro atoms. The van der Waals surface area contributed by atoms with E-state index in [1.807, 2.05) is 24.3 Å². The van der Waals surface area contributed by atoms with Crippen molar-refractivity contribution in [2.45, 2.75) is 38.3 Å². The van der Waals surface area contributed by atoms with Gasteiger partial charge in [-0.1, -0.05) is 35.0 Å². The van der Waals surface area contributed by atoms with Gasteiger partial charge in [-0.3, -0.25) is 0 Å². The first-order valence-corrected chi connectivity index (χ1v) is 8.51. The van der Waals surface area contributed by atoms with E-state index >= 15 is 0 Å². The van der Waals surface area contributed by atoms with Crippen LogP contribution in [0.5, 0.6) is 0 Å². The predicted molar refractivity (Wildman–Crippen MR) is 96.0 cm³/mol. The van der Waals surface area contributed by atoms with Crippen LogP contribution in [0.2, 0.25) is 0 Å². The number of hydrogen-bond donors (Lipinski definition) is 2. The fourth-order valence-electron chi connectivity index (χ4n) is 3.03. The molecular weight excluding hydrogens is 314 g/mol. The first-order valence-electron chi connectivity index (χ1n) is 8.51. The van der Waals surface area contributed by atoms with Gasteiger partial charge in [-0.25, -0.2) is 9.97 Å². The van der Waals surface area contributed by atoms with Crippen molar-refractivity contribution in [2.24, 2.45) is 5.73 Å². The van der Waals surface area contributed by atoms with Crippen LogP contribution in [0.3, 0.4) is 0 Å². The molecule has 3 N–H and O–H groups in total. The Kier molecular flexibility index (Phi) is 4.19. The number of nitrogens with one attached hydrogen (secondary N) is 1. The molecule has 4 rings (SSSR count). The third kappa shape index (κ3) is 3.53. The van der Waals surface area contributed by atoms with E-state index in [0.29, 0.717) is 18.5 Å². The molecule has 0 saturated heterocycles. The van der Waals surface area contributed by atoms with Crippen LogP contribution in [-0.2, 0) is 6.54 Å². The van der Waals surface area contributed by atoms with Gasteiger partial charge in [-0.2, -0.15) is 0 Å². The Morgan fingerprint density at radius 1 is 1.16 bits per heavy atom. The lowest BCUT2D eigenvalue weighted by Gasteiger charge is -2.31. The van der Waals surface area contributed by atoms with Crippen molar-refractivity contribution in [3.8, 4) is 11.3 Å². The highest BCUT2D eigenvalue weighted by Crippen LogP contribution is 2.34. The molecule has 6 nitrogen and oxygen atoms in total. The smallest absolute Gasteiger partial charge is 0.167 e. The minimum Gasteiger partial charge on any atom is -0.364 e. The second-order valence-electron chi connectivity index (χ2n) is 6.66. The highest BCUT2D eigenvalue weighted by Gasteiger charge is 2.28. The Labute approximate surface area is 146 Å². The van der Waals surface area contributed by atoms with Crippen LogP contribution < -0.4 is 11.1 Å². The molecule has 0 radical (unpaired) electrons. The van der Waals surface area contributed by atoms with Crippen molar-refractivity contribution < 1.29 is 4.52 Å². The lowest BCUT2D eigenvalue weighted by Crippen LogP contribution is -2.35. The number of aromatic nitrogens is 3. The van der Waals surface area contributed by atoms with Crippen LogP contribution in [0, 0.1) is 6.92 Å². The maximum Gasteiger partial charge on any atom is 0.167 e. The summed E-state index contributed by atoms with van der Waals surface area (Å²) in [4.78, 5) is 8.64. The Balaban J connectivity index is 1.40. The molecule has 0 unspecified atom stereocenters. The van der Waals surface area contributed by atoms with Gasteiger partial charge in [0.2, 0.25) is 0 Å². The molecule has 1 fully saturated rings. The van der Waals surface area contributed by atoms with E-state index in [1.54, 1.807) is 6.33 Å². The summed E-state index contributed by atoms with van der Waals surface area (Å²) >= 11 is 0. The predicted octanol–water partition coefficient (Wildman–Crippen LogP) is 3.26. The molecule has 6 heteroatoms. The Bertz CT molecular complexity index is 852. The molecule has 0 amide bonds. The molecule has 25 heavy (non-hydrogen) atoms. The zero-order valence-electron chi connectivity index (χ0n) is 14.1. The Morgan fingerprint density at radius 2 is 1.96 bits per heavy atom. The first kappa shape index (κ1) is 15.8. The lowest BCUT2D eigenvalue weighted by molar-refractivity contribution is 0.345. The topological polar surface area (TPSA) is 89.9 Å². The van der Waals surface area contributed by atoms with Gasteiger partial charge in [0, 0.05) is 35.3 Å². The summed E-state index contributed by atoms with van der Waals surface area (Å²) in [5.41, 5.74) is 9.99. The number of aryl methyl sites for hydroxylation is 1. The van der Waals surface area contributed by atoms with E-state index in [1.165, 1.54) is 5.56 Å². The number of nitrogens with two attached hydrogens (primary N) is 1. The van der Waals surface area contributed by atoms with E-state index in [-0.39, 0.29) is 0 Å². The second kappa shape index (κ2) is 6.64. The summed E-state index contributed by atoms with van der Waals surface area (Å²) in [7, 11) is 0.